The van der Waals surface area contributed by atoms with Crippen LogP contribution in [0.5, 0.6) is 0 Å². The first kappa shape index (κ1) is 23.3. The van der Waals surface area contributed by atoms with Gasteiger partial charge in [-0.2, -0.15) is 0 Å². The minimum Gasteiger partial charge on any atom is -0.322 e. The Morgan fingerprint density at radius 1 is 1.18 bits per heavy atom. The van der Waals surface area contributed by atoms with Crippen molar-refractivity contribution in [2.75, 3.05) is 0 Å². The van der Waals surface area contributed by atoms with E-state index in [1.54, 1.807) is 11.3 Å². The van der Waals surface area contributed by atoms with Crippen molar-refractivity contribution < 1.29 is 0 Å². The van der Waals surface area contributed by atoms with Crippen molar-refractivity contribution in [3.8, 4) is 0 Å². The van der Waals surface area contributed by atoms with E-state index in [1.807, 2.05) is 22.9 Å². The van der Waals surface area contributed by atoms with Gasteiger partial charge in [0.25, 0.3) is 5.56 Å². The number of nitrogens with one attached hydrogen (secondary N) is 1. The van der Waals surface area contributed by atoms with Crippen molar-refractivity contribution in [1.82, 2.24) is 30.1 Å². The highest BCUT2D eigenvalue weighted by Crippen LogP contribution is 2.30. The molecule has 1 N–H and O–H groups in total. The number of benzene rings is 1. The number of aromatic amines is 1. The number of pyridine rings is 1. The molecular weight excluding hydrogens is 432 g/mol. The van der Waals surface area contributed by atoms with Crippen molar-refractivity contribution in [2.45, 2.75) is 72.1 Å². The number of aryl methyl sites for hydroxylation is 1. The molecule has 0 bridgehead atoms. The van der Waals surface area contributed by atoms with Gasteiger partial charge in [0, 0.05) is 29.0 Å². The first-order chi connectivity index (χ1) is 15.8. The second-order valence-electron chi connectivity index (χ2n) is 9.62. The summed E-state index contributed by atoms with van der Waals surface area (Å²) in [6.07, 6.45) is 1.88. The maximum Gasteiger partial charge on any atom is 0.252 e. The first-order valence-electron chi connectivity index (χ1n) is 11.4. The Kier molecular flexibility index (Phi) is 6.76. The Morgan fingerprint density at radius 2 is 2.00 bits per heavy atom. The lowest BCUT2D eigenvalue weighted by molar-refractivity contribution is 0.150. The molecule has 33 heavy (non-hydrogen) atoms. The molecule has 0 fully saturated rings. The summed E-state index contributed by atoms with van der Waals surface area (Å²) in [5.74, 6) is 0.842. The van der Waals surface area contributed by atoms with Crippen molar-refractivity contribution in [3.63, 3.8) is 0 Å². The van der Waals surface area contributed by atoms with E-state index in [-0.39, 0.29) is 17.1 Å². The minimum atomic E-state index is -0.239. The van der Waals surface area contributed by atoms with Crippen LogP contribution in [0.4, 0.5) is 0 Å². The zero-order valence-electron chi connectivity index (χ0n) is 20.0. The highest BCUT2D eigenvalue weighted by molar-refractivity contribution is 7.09. The van der Waals surface area contributed by atoms with E-state index in [4.69, 9.17) is 0 Å². The van der Waals surface area contributed by atoms with Crippen LogP contribution >= 0.6 is 11.3 Å². The van der Waals surface area contributed by atoms with Crippen molar-refractivity contribution in [1.29, 1.82) is 0 Å². The second-order valence-corrected chi connectivity index (χ2v) is 10.7. The molecule has 4 aromatic rings. The predicted molar refractivity (Wildman–Crippen MR) is 133 cm³/mol. The van der Waals surface area contributed by atoms with Crippen LogP contribution in [0.25, 0.3) is 10.9 Å². The van der Waals surface area contributed by atoms with Gasteiger partial charge < -0.3 is 4.98 Å². The molecule has 7 nitrogen and oxygen atoms in total. The van der Waals surface area contributed by atoms with Crippen LogP contribution < -0.4 is 5.56 Å². The van der Waals surface area contributed by atoms with Crippen LogP contribution in [0.2, 0.25) is 0 Å². The van der Waals surface area contributed by atoms with Crippen molar-refractivity contribution >= 4 is 22.2 Å². The number of tetrazole rings is 1. The average Bonchev–Trinajstić information content (AvgIpc) is 3.44. The average molecular weight is 465 g/mol. The minimum absolute atomic E-state index is 0.0149. The Hall–Kier alpha value is -2.84. The molecule has 3 heterocycles. The zero-order valence-corrected chi connectivity index (χ0v) is 20.8. The largest absolute Gasteiger partial charge is 0.322 e. The van der Waals surface area contributed by atoms with Gasteiger partial charge in [-0.15, -0.1) is 16.4 Å². The molecule has 0 amide bonds. The summed E-state index contributed by atoms with van der Waals surface area (Å²) in [5.41, 5.74) is 2.50. The maximum atomic E-state index is 13.0. The van der Waals surface area contributed by atoms with Gasteiger partial charge in [-0.1, -0.05) is 31.0 Å². The molecule has 0 saturated carbocycles. The van der Waals surface area contributed by atoms with Gasteiger partial charge in [0.15, 0.2) is 5.82 Å². The molecule has 3 aromatic heterocycles. The number of aromatic nitrogens is 5. The highest BCUT2D eigenvalue weighted by atomic mass is 32.1. The maximum absolute atomic E-state index is 13.0. The summed E-state index contributed by atoms with van der Waals surface area (Å²) in [4.78, 5) is 19.7. The SMILES string of the molecule is CCC[C@@H](c1nnnn1C(C)(C)C)N(Cc1cccs1)Cc1cc2cc(C)ccc2[nH]c1=O. The van der Waals surface area contributed by atoms with E-state index in [0.29, 0.717) is 6.54 Å². The van der Waals surface area contributed by atoms with E-state index in [0.717, 1.165) is 41.7 Å². The number of nitrogens with zero attached hydrogens (tertiary/aromatic N) is 5. The lowest BCUT2D eigenvalue weighted by Crippen LogP contribution is -2.35. The molecule has 0 aliphatic rings. The number of H-pyrrole nitrogens is 1. The van der Waals surface area contributed by atoms with Crippen molar-refractivity contribution in [3.05, 3.63) is 74.0 Å². The van der Waals surface area contributed by atoms with Crippen LogP contribution in [-0.4, -0.2) is 30.1 Å². The molecule has 0 unspecified atom stereocenters. The number of hydrogen-bond acceptors (Lipinski definition) is 6. The molecule has 174 valence electrons. The van der Waals surface area contributed by atoms with Crippen LogP contribution in [-0.2, 0) is 18.6 Å². The summed E-state index contributed by atoms with van der Waals surface area (Å²) >= 11 is 1.73. The molecule has 0 saturated heterocycles. The van der Waals surface area contributed by atoms with Gasteiger partial charge in [-0.3, -0.25) is 9.69 Å². The van der Waals surface area contributed by atoms with Gasteiger partial charge in [-0.25, -0.2) is 4.68 Å². The standard InChI is InChI=1S/C25H32N6OS/c1-6-8-22(23-27-28-29-31(23)25(3,4)5)30(16-20-9-7-12-33-20)15-19-14-18-13-17(2)10-11-21(18)26-24(19)32/h7,9-14,22H,6,8,15-16H2,1-5H3,(H,26,32)/t22-/m0/s1. The Morgan fingerprint density at radius 3 is 2.70 bits per heavy atom. The van der Waals surface area contributed by atoms with Crippen LogP contribution in [0.3, 0.4) is 0 Å². The highest BCUT2D eigenvalue weighted by Gasteiger charge is 2.30. The second kappa shape index (κ2) is 9.57. The van der Waals surface area contributed by atoms with Gasteiger partial charge in [-0.05, 0) is 79.6 Å². The summed E-state index contributed by atoms with van der Waals surface area (Å²) in [5, 5.41) is 15.9. The third-order valence-electron chi connectivity index (χ3n) is 5.82. The number of fused-ring (bicyclic) bond motifs is 1. The summed E-state index contributed by atoms with van der Waals surface area (Å²) in [6.45, 7) is 11.8. The molecule has 0 aliphatic heterocycles. The Bertz CT molecular complexity index is 1270. The fourth-order valence-corrected chi connectivity index (χ4v) is 4.94. The third-order valence-corrected chi connectivity index (χ3v) is 6.68. The molecule has 0 aliphatic carbocycles. The topological polar surface area (TPSA) is 79.7 Å². The number of rotatable bonds is 8. The van der Waals surface area contributed by atoms with Gasteiger partial charge in [0.1, 0.15) is 0 Å². The van der Waals surface area contributed by atoms with Crippen LogP contribution in [0, 0.1) is 6.92 Å². The van der Waals surface area contributed by atoms with Gasteiger partial charge >= 0.3 is 0 Å². The van der Waals surface area contributed by atoms with Crippen LogP contribution in [0.1, 0.15) is 68.4 Å². The Labute approximate surface area is 198 Å². The number of thiophene rings is 1. The monoisotopic (exact) mass is 464 g/mol. The fourth-order valence-electron chi connectivity index (χ4n) is 4.21. The lowest BCUT2D eigenvalue weighted by atomic mass is 10.0. The normalized spacial score (nSPS) is 13.2. The van der Waals surface area contributed by atoms with E-state index >= 15 is 0 Å². The third kappa shape index (κ3) is 5.23. The molecule has 1 atom stereocenters. The molecule has 0 spiro atoms. The zero-order chi connectivity index (χ0) is 23.6. The Balaban J connectivity index is 1.77. The molecular formula is C25H32N6OS. The summed E-state index contributed by atoms with van der Waals surface area (Å²) in [6, 6.07) is 12.3. The van der Waals surface area contributed by atoms with E-state index < -0.39 is 0 Å². The van der Waals surface area contributed by atoms with E-state index in [9.17, 15) is 4.79 Å². The van der Waals surface area contributed by atoms with Crippen LogP contribution in [0.15, 0.2) is 46.6 Å². The smallest absolute Gasteiger partial charge is 0.252 e. The van der Waals surface area contributed by atoms with Crippen molar-refractivity contribution in [2.24, 2.45) is 0 Å². The molecule has 8 heteroatoms. The van der Waals surface area contributed by atoms with Gasteiger partial charge in [0.05, 0.1) is 11.6 Å². The molecule has 0 radical (unpaired) electrons. The predicted octanol–water partition coefficient (Wildman–Crippen LogP) is 5.18. The lowest BCUT2D eigenvalue weighted by Gasteiger charge is -2.32. The number of hydrogen-bond donors (Lipinski definition) is 1. The quantitative estimate of drug-likeness (QED) is 0.388. The van der Waals surface area contributed by atoms with E-state index in [2.05, 4.69) is 83.6 Å². The summed E-state index contributed by atoms with van der Waals surface area (Å²) < 4.78 is 1.92. The fraction of sp³-hybridized carbons (Fsp3) is 0.440. The van der Waals surface area contributed by atoms with Gasteiger partial charge in [0.2, 0.25) is 0 Å². The molecule has 4 rings (SSSR count). The summed E-state index contributed by atoms with van der Waals surface area (Å²) in [7, 11) is 0. The van der Waals surface area contributed by atoms with E-state index in [1.165, 1.54) is 10.4 Å². The first-order valence-corrected chi connectivity index (χ1v) is 12.3. The molecule has 1 aromatic carbocycles.